The van der Waals surface area contributed by atoms with Crippen molar-refractivity contribution in [3.05, 3.63) is 65.2 Å². The van der Waals surface area contributed by atoms with Crippen molar-refractivity contribution in [2.45, 2.75) is 19.1 Å². The van der Waals surface area contributed by atoms with E-state index in [2.05, 4.69) is 5.32 Å². The highest BCUT2D eigenvalue weighted by Gasteiger charge is 2.38. The van der Waals surface area contributed by atoms with Crippen molar-refractivity contribution in [3.63, 3.8) is 0 Å². The number of amides is 2. The van der Waals surface area contributed by atoms with Crippen molar-refractivity contribution in [1.29, 1.82) is 0 Å². The first-order chi connectivity index (χ1) is 13.2. The van der Waals surface area contributed by atoms with Crippen LogP contribution >= 0.6 is 0 Å². The Hall–Kier alpha value is -2.97. The van der Waals surface area contributed by atoms with Gasteiger partial charge in [0.15, 0.2) is 0 Å². The van der Waals surface area contributed by atoms with Crippen molar-refractivity contribution >= 4 is 17.5 Å². The second-order valence-corrected chi connectivity index (χ2v) is 6.34. The summed E-state index contributed by atoms with van der Waals surface area (Å²) in [5, 5.41) is 2.43. The van der Waals surface area contributed by atoms with Crippen LogP contribution in [-0.2, 0) is 22.3 Å². The molecule has 2 aromatic carbocycles. The molecule has 1 heterocycles. The van der Waals surface area contributed by atoms with Gasteiger partial charge in [0.05, 0.1) is 11.3 Å². The van der Waals surface area contributed by atoms with Crippen LogP contribution in [-0.4, -0.2) is 18.4 Å². The zero-order valence-corrected chi connectivity index (χ0v) is 14.4. The van der Waals surface area contributed by atoms with Gasteiger partial charge in [0.2, 0.25) is 11.8 Å². The number of nitrogens with one attached hydrogen (secondary N) is 1. The maximum atomic E-state index is 13.9. The Morgan fingerprint density at radius 2 is 1.89 bits per heavy atom. The van der Waals surface area contributed by atoms with Gasteiger partial charge in [-0.1, -0.05) is 12.1 Å². The average molecular weight is 398 g/mol. The van der Waals surface area contributed by atoms with Gasteiger partial charge in [0.1, 0.15) is 17.6 Å². The Labute approximate surface area is 156 Å². The van der Waals surface area contributed by atoms with E-state index in [0.717, 1.165) is 35.2 Å². The molecule has 148 valence electrons. The van der Waals surface area contributed by atoms with Gasteiger partial charge in [-0.25, -0.2) is 8.78 Å². The van der Waals surface area contributed by atoms with E-state index in [1.165, 1.54) is 12.1 Å². The molecule has 0 saturated carbocycles. The van der Waals surface area contributed by atoms with E-state index in [9.17, 15) is 31.5 Å². The molecular weight excluding hydrogens is 383 g/mol. The number of hydrogen-bond donors (Lipinski definition) is 1. The van der Waals surface area contributed by atoms with Crippen LogP contribution in [0.2, 0.25) is 0 Å². The molecule has 0 radical (unpaired) electrons. The van der Waals surface area contributed by atoms with Crippen molar-refractivity contribution in [2.24, 2.45) is 5.92 Å². The van der Waals surface area contributed by atoms with Crippen LogP contribution in [0.15, 0.2) is 42.5 Å². The second kappa shape index (κ2) is 7.57. The molecule has 1 fully saturated rings. The van der Waals surface area contributed by atoms with Gasteiger partial charge in [0, 0.05) is 19.2 Å². The zero-order chi connectivity index (χ0) is 20.5. The number of rotatable bonds is 4. The summed E-state index contributed by atoms with van der Waals surface area (Å²) in [4.78, 5) is 25.7. The minimum atomic E-state index is -4.50. The van der Waals surface area contributed by atoms with Gasteiger partial charge >= 0.3 is 6.18 Å². The smallest absolute Gasteiger partial charge is 0.351 e. The minimum absolute atomic E-state index is 0.0286. The fourth-order valence-electron chi connectivity index (χ4n) is 3.03. The average Bonchev–Trinajstić information content (AvgIpc) is 3.02. The van der Waals surface area contributed by atoms with Crippen molar-refractivity contribution in [2.75, 3.05) is 11.4 Å². The van der Waals surface area contributed by atoms with Crippen LogP contribution in [0.1, 0.15) is 17.5 Å². The Kier molecular flexibility index (Phi) is 5.35. The fourth-order valence-corrected chi connectivity index (χ4v) is 3.03. The molecule has 1 unspecified atom stereocenters. The fraction of sp³-hybridized carbons (Fsp3) is 0.263. The van der Waals surface area contributed by atoms with E-state index in [0.29, 0.717) is 0 Å². The molecule has 2 aromatic rings. The van der Waals surface area contributed by atoms with Gasteiger partial charge in [-0.05, 0) is 36.2 Å². The third-order valence-corrected chi connectivity index (χ3v) is 4.44. The maximum absolute atomic E-state index is 13.9. The van der Waals surface area contributed by atoms with Gasteiger partial charge in [-0.2, -0.15) is 13.2 Å². The van der Waals surface area contributed by atoms with Gasteiger partial charge in [-0.3, -0.25) is 9.59 Å². The molecule has 3 rings (SSSR count). The summed E-state index contributed by atoms with van der Waals surface area (Å²) in [5.74, 6) is -4.00. The topological polar surface area (TPSA) is 49.4 Å². The number of nitrogens with zero attached hydrogens (tertiary/aromatic N) is 1. The van der Waals surface area contributed by atoms with Crippen molar-refractivity contribution in [3.8, 4) is 0 Å². The van der Waals surface area contributed by atoms with Crippen LogP contribution in [0.3, 0.4) is 0 Å². The second-order valence-electron chi connectivity index (χ2n) is 6.34. The molecule has 1 aliphatic heterocycles. The Bertz CT molecular complexity index is 913. The lowest BCUT2D eigenvalue weighted by Crippen LogP contribution is -2.36. The number of carbonyl (C=O) groups excluding carboxylic acids is 2. The van der Waals surface area contributed by atoms with E-state index < -0.39 is 41.1 Å². The van der Waals surface area contributed by atoms with E-state index in [-0.39, 0.29) is 30.8 Å². The number of hydrogen-bond acceptors (Lipinski definition) is 2. The van der Waals surface area contributed by atoms with Gasteiger partial charge in [0.25, 0.3) is 0 Å². The van der Waals surface area contributed by atoms with Gasteiger partial charge < -0.3 is 10.2 Å². The zero-order valence-electron chi connectivity index (χ0n) is 14.4. The number of carbonyl (C=O) groups is 2. The van der Waals surface area contributed by atoms with Crippen molar-refractivity contribution < 1.29 is 31.5 Å². The largest absolute Gasteiger partial charge is 0.416 e. The molecule has 1 aliphatic rings. The van der Waals surface area contributed by atoms with Gasteiger partial charge in [-0.15, -0.1) is 0 Å². The lowest BCUT2D eigenvalue weighted by atomic mass is 10.1. The Morgan fingerprint density at radius 3 is 2.61 bits per heavy atom. The highest BCUT2D eigenvalue weighted by atomic mass is 19.4. The first-order valence-corrected chi connectivity index (χ1v) is 8.37. The molecule has 1 atom stereocenters. The summed E-state index contributed by atoms with van der Waals surface area (Å²) in [6, 6.07) is 7.14. The summed E-state index contributed by atoms with van der Waals surface area (Å²) in [6.07, 6.45) is -4.42. The molecule has 28 heavy (non-hydrogen) atoms. The SMILES string of the molecule is O=C(NCc1cccc(C(F)(F)F)c1)C1CCN(c2cc(F)ccc2F)C1=O. The summed E-state index contributed by atoms with van der Waals surface area (Å²) < 4.78 is 65.4. The standard InChI is InChI=1S/C19H15F5N2O2/c20-13-4-5-15(21)16(9-13)26-7-6-14(18(26)28)17(27)25-10-11-2-1-3-12(8-11)19(22,23)24/h1-5,8-9,14H,6-7,10H2,(H,25,27). The van der Waals surface area contributed by atoms with E-state index in [1.807, 2.05) is 0 Å². The first-order valence-electron chi connectivity index (χ1n) is 8.37. The normalized spacial score (nSPS) is 17.1. The van der Waals surface area contributed by atoms with E-state index in [4.69, 9.17) is 0 Å². The molecule has 4 nitrogen and oxygen atoms in total. The predicted molar refractivity (Wildman–Crippen MR) is 90.1 cm³/mol. The summed E-state index contributed by atoms with van der Waals surface area (Å²) in [7, 11) is 0. The number of benzene rings is 2. The molecule has 0 aliphatic carbocycles. The van der Waals surface area contributed by atoms with E-state index in [1.54, 1.807) is 0 Å². The number of halogens is 5. The maximum Gasteiger partial charge on any atom is 0.416 e. The van der Waals surface area contributed by atoms with Crippen LogP contribution in [0.25, 0.3) is 0 Å². The lowest BCUT2D eigenvalue weighted by Gasteiger charge is -2.17. The highest BCUT2D eigenvalue weighted by Crippen LogP contribution is 2.30. The Morgan fingerprint density at radius 1 is 1.14 bits per heavy atom. The molecule has 2 amide bonds. The third kappa shape index (κ3) is 4.13. The Balaban J connectivity index is 1.66. The van der Waals surface area contributed by atoms with Crippen LogP contribution in [0, 0.1) is 17.6 Å². The van der Waals surface area contributed by atoms with Crippen molar-refractivity contribution in [1.82, 2.24) is 5.32 Å². The molecule has 0 bridgehead atoms. The molecular formula is C19H15F5N2O2. The first kappa shape index (κ1) is 19.8. The third-order valence-electron chi connectivity index (χ3n) is 4.44. The molecule has 1 N–H and O–H groups in total. The highest BCUT2D eigenvalue weighted by molar-refractivity contribution is 6.09. The molecule has 0 aromatic heterocycles. The summed E-state index contributed by atoms with van der Waals surface area (Å²) >= 11 is 0. The van der Waals surface area contributed by atoms with Crippen LogP contribution in [0.4, 0.5) is 27.6 Å². The lowest BCUT2D eigenvalue weighted by molar-refractivity contribution is -0.137. The number of alkyl halides is 3. The summed E-state index contributed by atoms with van der Waals surface area (Å²) in [5.41, 5.74) is -0.872. The van der Waals surface area contributed by atoms with E-state index >= 15 is 0 Å². The quantitative estimate of drug-likeness (QED) is 0.632. The molecule has 0 spiro atoms. The summed E-state index contributed by atoms with van der Waals surface area (Å²) in [6.45, 7) is -0.165. The monoisotopic (exact) mass is 398 g/mol. The predicted octanol–water partition coefficient (Wildman–Crippen LogP) is 3.65. The minimum Gasteiger partial charge on any atom is -0.351 e. The molecule has 1 saturated heterocycles. The molecule has 9 heteroatoms. The van der Waals surface area contributed by atoms with Crippen LogP contribution in [0.5, 0.6) is 0 Å². The van der Waals surface area contributed by atoms with Crippen LogP contribution < -0.4 is 10.2 Å². The number of anilines is 1.